The highest BCUT2D eigenvalue weighted by molar-refractivity contribution is 5.74. The first kappa shape index (κ1) is 12.8. The normalized spacial score (nSPS) is 16.8. The van der Waals surface area contributed by atoms with Gasteiger partial charge in [0.05, 0.1) is 12.7 Å². The molecule has 1 aliphatic heterocycles. The molecule has 0 unspecified atom stereocenters. The first-order chi connectivity index (χ1) is 8.72. The minimum absolute atomic E-state index is 0.884. The van der Waals surface area contributed by atoms with Gasteiger partial charge in [0.1, 0.15) is 17.1 Å². The molecule has 96 valence electrons. The first-order valence-corrected chi connectivity index (χ1v) is 6.17. The third-order valence-corrected chi connectivity index (χ3v) is 3.27. The molecule has 0 aromatic heterocycles. The van der Waals surface area contributed by atoms with Crippen molar-refractivity contribution in [2.24, 2.45) is 0 Å². The van der Waals surface area contributed by atoms with E-state index >= 15 is 0 Å². The van der Waals surface area contributed by atoms with Crippen LogP contribution in [-0.4, -0.2) is 38.4 Å². The summed E-state index contributed by atoms with van der Waals surface area (Å²) in [6.45, 7) is 2.01. The van der Waals surface area contributed by atoms with Crippen molar-refractivity contribution in [1.82, 2.24) is 4.90 Å². The molecule has 1 aromatic carbocycles. The number of quaternary nitrogens is 1. The van der Waals surface area contributed by atoms with Crippen LogP contribution < -0.4 is 15.5 Å². The largest absolute Gasteiger partial charge is 0.497 e. The van der Waals surface area contributed by atoms with Crippen LogP contribution in [0.3, 0.4) is 0 Å². The lowest BCUT2D eigenvalue weighted by molar-refractivity contribution is -0.522. The van der Waals surface area contributed by atoms with Gasteiger partial charge in [0.2, 0.25) is 0 Å². The van der Waals surface area contributed by atoms with Crippen molar-refractivity contribution in [3.63, 3.8) is 0 Å². The van der Waals surface area contributed by atoms with Crippen molar-refractivity contribution in [2.75, 3.05) is 27.2 Å². The number of hydrogen-bond acceptors (Lipinski definition) is 2. The smallest absolute Gasteiger partial charge is 0.170 e. The molecule has 0 fully saturated rings. The van der Waals surface area contributed by atoms with E-state index in [1.165, 1.54) is 17.0 Å². The number of nitrogens with zero attached hydrogens (tertiary/aromatic N) is 1. The minimum atomic E-state index is 0.884. The maximum absolute atomic E-state index is 5.71. The average molecular weight is 247 g/mol. The van der Waals surface area contributed by atoms with Crippen molar-refractivity contribution in [1.29, 1.82) is 0 Å². The molecule has 4 heteroatoms. The number of hydrogen-bond donors (Lipinski definition) is 2. The molecular weight excluding hydrogens is 226 g/mol. The average Bonchev–Trinajstić information content (AvgIpc) is 2.41. The summed E-state index contributed by atoms with van der Waals surface area (Å²) in [5.41, 5.74) is 3.75. The van der Waals surface area contributed by atoms with Crippen LogP contribution in [-0.2, 0) is 0 Å². The Hall–Kier alpha value is -1.65. The molecule has 2 rings (SSSR count). The number of likely N-dealkylation sites (N-methyl/N-ethyl adjacent to an activating group) is 1. The van der Waals surface area contributed by atoms with Gasteiger partial charge < -0.3 is 9.64 Å². The predicted octanol–water partition coefficient (Wildman–Crippen LogP) is -0.690. The SMILES string of the molecule is COc1ccc([NH2+]C2=C(C=[NH2+])CN(C)CC2)cc1. The van der Waals surface area contributed by atoms with Crippen LogP contribution in [0.5, 0.6) is 5.75 Å². The summed E-state index contributed by atoms with van der Waals surface area (Å²) in [7, 11) is 3.80. The second kappa shape index (κ2) is 5.80. The molecular formula is C14H21N3O+2. The maximum atomic E-state index is 5.71. The molecule has 0 saturated heterocycles. The summed E-state index contributed by atoms with van der Waals surface area (Å²) >= 11 is 0. The molecule has 0 spiro atoms. The molecule has 4 nitrogen and oxygen atoms in total. The second-order valence-corrected chi connectivity index (χ2v) is 4.62. The molecule has 1 aromatic rings. The number of ether oxygens (including phenoxy) is 1. The Kier molecular flexibility index (Phi) is 4.12. The summed E-state index contributed by atoms with van der Waals surface area (Å²) < 4.78 is 5.16. The molecule has 0 radical (unpaired) electrons. The Morgan fingerprint density at radius 2 is 2.06 bits per heavy atom. The molecule has 4 N–H and O–H groups in total. The minimum Gasteiger partial charge on any atom is -0.497 e. The van der Waals surface area contributed by atoms with E-state index in [0.29, 0.717) is 0 Å². The molecule has 0 atom stereocenters. The topological polar surface area (TPSA) is 54.7 Å². The van der Waals surface area contributed by atoms with Gasteiger partial charge in [0.25, 0.3) is 0 Å². The molecule has 0 saturated carbocycles. The van der Waals surface area contributed by atoms with Crippen LogP contribution in [0.15, 0.2) is 35.5 Å². The van der Waals surface area contributed by atoms with Crippen LogP contribution >= 0.6 is 0 Å². The Labute approximate surface area is 108 Å². The quantitative estimate of drug-likeness (QED) is 0.546. The first-order valence-electron chi connectivity index (χ1n) is 6.17. The molecule has 0 aliphatic carbocycles. The highest BCUT2D eigenvalue weighted by atomic mass is 16.5. The van der Waals surface area contributed by atoms with Crippen molar-refractivity contribution >= 4 is 11.9 Å². The van der Waals surface area contributed by atoms with E-state index in [1.807, 2.05) is 12.1 Å². The van der Waals surface area contributed by atoms with Gasteiger partial charge in [0.15, 0.2) is 6.21 Å². The van der Waals surface area contributed by atoms with E-state index in [1.54, 1.807) is 13.3 Å². The lowest BCUT2D eigenvalue weighted by Gasteiger charge is -2.22. The van der Waals surface area contributed by atoms with Gasteiger partial charge in [-0.3, -0.25) is 10.7 Å². The molecule has 18 heavy (non-hydrogen) atoms. The van der Waals surface area contributed by atoms with E-state index in [2.05, 4.69) is 29.4 Å². The van der Waals surface area contributed by atoms with Gasteiger partial charge in [-0.1, -0.05) is 0 Å². The van der Waals surface area contributed by atoms with Gasteiger partial charge in [-0.25, -0.2) is 0 Å². The second-order valence-electron chi connectivity index (χ2n) is 4.62. The van der Waals surface area contributed by atoms with Crippen LogP contribution in [0.2, 0.25) is 0 Å². The van der Waals surface area contributed by atoms with Gasteiger partial charge >= 0.3 is 0 Å². The molecule has 1 heterocycles. The fraction of sp³-hybridized carbons (Fsp3) is 0.357. The van der Waals surface area contributed by atoms with E-state index in [0.717, 1.165) is 25.3 Å². The predicted molar refractivity (Wildman–Crippen MR) is 71.7 cm³/mol. The summed E-state index contributed by atoms with van der Waals surface area (Å²) in [5.74, 6) is 0.884. The van der Waals surface area contributed by atoms with E-state index in [9.17, 15) is 0 Å². The lowest BCUT2D eigenvalue weighted by atomic mass is 10.1. The van der Waals surface area contributed by atoms with E-state index in [4.69, 9.17) is 10.1 Å². The standard InChI is InChI=1S/C14H19N3O/c1-17-8-7-14(11(9-15)10-17)16-12-3-5-13(18-2)6-4-12/h3-6,9,15-16H,7-8,10H2,1-2H3/p+2. The fourth-order valence-corrected chi connectivity index (χ4v) is 2.17. The van der Waals surface area contributed by atoms with Crippen molar-refractivity contribution < 1.29 is 15.5 Å². The third kappa shape index (κ3) is 2.97. The van der Waals surface area contributed by atoms with Crippen LogP contribution in [0.4, 0.5) is 5.69 Å². The molecule has 0 amide bonds. The Morgan fingerprint density at radius 3 is 2.67 bits per heavy atom. The Bertz CT molecular complexity index is 451. The molecule has 0 bridgehead atoms. The summed E-state index contributed by atoms with van der Waals surface area (Å²) in [6, 6.07) is 8.09. The van der Waals surface area contributed by atoms with Gasteiger partial charge in [-0.2, -0.15) is 0 Å². The monoisotopic (exact) mass is 247 g/mol. The van der Waals surface area contributed by atoms with Crippen molar-refractivity contribution in [2.45, 2.75) is 6.42 Å². The van der Waals surface area contributed by atoms with Gasteiger partial charge in [0, 0.05) is 31.6 Å². The van der Waals surface area contributed by atoms with Gasteiger partial charge in [-0.05, 0) is 19.2 Å². The highest BCUT2D eigenvalue weighted by Crippen LogP contribution is 2.14. The zero-order valence-electron chi connectivity index (χ0n) is 11.0. The van der Waals surface area contributed by atoms with Crippen molar-refractivity contribution in [3.05, 3.63) is 35.5 Å². The Balaban J connectivity index is 2.13. The number of methoxy groups -OCH3 is 1. The summed E-state index contributed by atoms with van der Waals surface area (Å²) in [6.07, 6.45) is 2.77. The van der Waals surface area contributed by atoms with Crippen LogP contribution in [0.25, 0.3) is 0 Å². The maximum Gasteiger partial charge on any atom is 0.170 e. The zero-order valence-corrected chi connectivity index (χ0v) is 11.0. The number of rotatable bonds is 4. The van der Waals surface area contributed by atoms with Crippen LogP contribution in [0.1, 0.15) is 6.42 Å². The highest BCUT2D eigenvalue weighted by Gasteiger charge is 2.20. The van der Waals surface area contributed by atoms with E-state index in [-0.39, 0.29) is 0 Å². The van der Waals surface area contributed by atoms with Gasteiger partial charge in [-0.15, -0.1) is 0 Å². The number of benzene rings is 1. The fourth-order valence-electron chi connectivity index (χ4n) is 2.17. The molecule has 1 aliphatic rings. The Morgan fingerprint density at radius 1 is 1.33 bits per heavy atom. The van der Waals surface area contributed by atoms with E-state index < -0.39 is 0 Å². The zero-order chi connectivity index (χ0) is 13.0. The summed E-state index contributed by atoms with van der Waals surface area (Å²) in [5, 5.41) is 7.92. The lowest BCUT2D eigenvalue weighted by Crippen LogP contribution is -2.77. The number of nitrogens with two attached hydrogens (primary N) is 2. The van der Waals surface area contributed by atoms with Crippen LogP contribution in [0, 0.1) is 0 Å². The third-order valence-electron chi connectivity index (χ3n) is 3.27. The summed E-state index contributed by atoms with van der Waals surface area (Å²) in [4.78, 5) is 2.28. The van der Waals surface area contributed by atoms with Crippen molar-refractivity contribution in [3.8, 4) is 5.75 Å².